The van der Waals surface area contributed by atoms with Crippen LogP contribution in [-0.2, 0) is 0 Å². The van der Waals surface area contributed by atoms with E-state index in [9.17, 15) is 5.11 Å². The topological polar surface area (TPSA) is 45.4 Å². The average molecular weight is 237 g/mol. The van der Waals surface area contributed by atoms with Crippen molar-refractivity contribution in [2.75, 3.05) is 6.54 Å². The quantitative estimate of drug-likeness (QED) is 0.846. The van der Waals surface area contributed by atoms with Gasteiger partial charge in [-0.15, -0.1) is 0 Å². The highest BCUT2D eigenvalue weighted by Gasteiger charge is 2.24. The molecule has 0 radical (unpaired) electrons. The minimum absolute atomic E-state index is 0.530. The first kappa shape index (κ1) is 12.7. The van der Waals surface area contributed by atoms with Crippen molar-refractivity contribution < 1.29 is 9.52 Å². The Hall–Kier alpha value is -0.800. The Labute approximate surface area is 103 Å². The summed E-state index contributed by atoms with van der Waals surface area (Å²) in [5.74, 6) is 2.23. The van der Waals surface area contributed by atoms with E-state index in [0.29, 0.717) is 18.3 Å². The molecule has 96 valence electrons. The number of aliphatic hydroxyl groups is 1. The minimum atomic E-state index is -0.530. The maximum Gasteiger partial charge on any atom is 0.133 e. The molecule has 0 aromatic carbocycles. The van der Waals surface area contributed by atoms with Crippen LogP contribution in [-0.4, -0.2) is 17.7 Å². The molecule has 0 bridgehead atoms. The first-order valence-corrected chi connectivity index (χ1v) is 6.60. The van der Waals surface area contributed by atoms with Gasteiger partial charge in [0.15, 0.2) is 0 Å². The Kier molecular flexibility index (Phi) is 4.24. The van der Waals surface area contributed by atoms with Crippen molar-refractivity contribution >= 4 is 0 Å². The number of rotatable bonds is 4. The van der Waals surface area contributed by atoms with Gasteiger partial charge in [0.2, 0.25) is 0 Å². The lowest BCUT2D eigenvalue weighted by molar-refractivity contribution is 0.133. The molecule has 1 aliphatic carbocycles. The van der Waals surface area contributed by atoms with Gasteiger partial charge in [0.25, 0.3) is 0 Å². The van der Waals surface area contributed by atoms with Crippen LogP contribution in [0, 0.1) is 11.8 Å². The summed E-state index contributed by atoms with van der Waals surface area (Å²) in [5.41, 5.74) is 0. The third-order valence-electron chi connectivity index (χ3n) is 3.65. The summed E-state index contributed by atoms with van der Waals surface area (Å²) >= 11 is 0. The van der Waals surface area contributed by atoms with Crippen LogP contribution in [0.15, 0.2) is 22.8 Å². The van der Waals surface area contributed by atoms with Gasteiger partial charge in [-0.1, -0.05) is 13.8 Å². The first-order chi connectivity index (χ1) is 8.15. The Balaban J connectivity index is 1.78. The van der Waals surface area contributed by atoms with Gasteiger partial charge in [-0.3, -0.25) is 0 Å². The largest absolute Gasteiger partial charge is 0.467 e. The van der Waals surface area contributed by atoms with Gasteiger partial charge in [0, 0.05) is 12.6 Å². The second-order valence-corrected chi connectivity index (χ2v) is 5.55. The highest BCUT2D eigenvalue weighted by molar-refractivity contribution is 5.02. The SMILES string of the molecule is CC1CC(C)CC(NCC(O)c2ccco2)C1. The van der Waals surface area contributed by atoms with E-state index in [-0.39, 0.29) is 0 Å². The summed E-state index contributed by atoms with van der Waals surface area (Å²) in [6.07, 6.45) is 4.84. The van der Waals surface area contributed by atoms with Crippen LogP contribution in [0.3, 0.4) is 0 Å². The van der Waals surface area contributed by atoms with Crippen molar-refractivity contribution in [2.24, 2.45) is 11.8 Å². The number of nitrogens with one attached hydrogen (secondary N) is 1. The lowest BCUT2D eigenvalue weighted by Crippen LogP contribution is -2.38. The molecule has 3 nitrogen and oxygen atoms in total. The third-order valence-corrected chi connectivity index (χ3v) is 3.65. The van der Waals surface area contributed by atoms with Crippen molar-refractivity contribution in [3.8, 4) is 0 Å². The number of aliphatic hydroxyl groups excluding tert-OH is 1. The molecule has 3 heteroatoms. The Bertz CT molecular complexity index is 313. The van der Waals surface area contributed by atoms with E-state index in [1.807, 2.05) is 12.1 Å². The van der Waals surface area contributed by atoms with Gasteiger partial charge >= 0.3 is 0 Å². The molecule has 1 aromatic heterocycles. The van der Waals surface area contributed by atoms with Gasteiger partial charge in [-0.05, 0) is 43.2 Å². The molecule has 1 fully saturated rings. The molecule has 1 heterocycles. The van der Waals surface area contributed by atoms with Crippen molar-refractivity contribution in [3.63, 3.8) is 0 Å². The highest BCUT2D eigenvalue weighted by atomic mass is 16.4. The van der Waals surface area contributed by atoms with Gasteiger partial charge in [0.1, 0.15) is 11.9 Å². The summed E-state index contributed by atoms with van der Waals surface area (Å²) in [6.45, 7) is 5.21. The Morgan fingerprint density at radius 3 is 2.65 bits per heavy atom. The molecular formula is C14H23NO2. The van der Waals surface area contributed by atoms with Crippen LogP contribution in [0.5, 0.6) is 0 Å². The molecule has 17 heavy (non-hydrogen) atoms. The maximum absolute atomic E-state index is 9.92. The molecule has 1 aliphatic rings. The number of hydrogen-bond donors (Lipinski definition) is 2. The first-order valence-electron chi connectivity index (χ1n) is 6.60. The van der Waals surface area contributed by atoms with Crippen LogP contribution in [0.25, 0.3) is 0 Å². The normalized spacial score (nSPS) is 31.4. The van der Waals surface area contributed by atoms with E-state index in [4.69, 9.17) is 4.42 Å². The number of furan rings is 1. The maximum atomic E-state index is 9.92. The molecule has 3 unspecified atom stereocenters. The average Bonchev–Trinajstić information content (AvgIpc) is 2.78. The van der Waals surface area contributed by atoms with E-state index in [0.717, 1.165) is 11.8 Å². The summed E-state index contributed by atoms with van der Waals surface area (Å²) in [5, 5.41) is 13.4. The van der Waals surface area contributed by atoms with Gasteiger partial charge in [-0.2, -0.15) is 0 Å². The molecule has 2 rings (SSSR count). The monoisotopic (exact) mass is 237 g/mol. The Morgan fingerprint density at radius 2 is 2.06 bits per heavy atom. The summed E-state index contributed by atoms with van der Waals surface area (Å²) in [7, 11) is 0. The second-order valence-electron chi connectivity index (χ2n) is 5.55. The van der Waals surface area contributed by atoms with E-state index < -0.39 is 6.10 Å². The standard InChI is InChI=1S/C14H23NO2/c1-10-6-11(2)8-12(7-10)15-9-13(16)14-4-3-5-17-14/h3-5,10-13,15-16H,6-9H2,1-2H3. The zero-order valence-corrected chi connectivity index (χ0v) is 10.7. The molecule has 0 aliphatic heterocycles. The fourth-order valence-electron chi connectivity index (χ4n) is 2.97. The summed E-state index contributed by atoms with van der Waals surface area (Å²) < 4.78 is 5.19. The van der Waals surface area contributed by atoms with Crippen LogP contribution in [0.1, 0.15) is 45.0 Å². The zero-order valence-electron chi connectivity index (χ0n) is 10.7. The van der Waals surface area contributed by atoms with Crippen molar-refractivity contribution in [1.82, 2.24) is 5.32 Å². The van der Waals surface area contributed by atoms with Crippen molar-refractivity contribution in [1.29, 1.82) is 0 Å². The lowest BCUT2D eigenvalue weighted by atomic mass is 9.80. The molecule has 1 aromatic rings. The molecule has 2 N–H and O–H groups in total. The van der Waals surface area contributed by atoms with Crippen LogP contribution >= 0.6 is 0 Å². The van der Waals surface area contributed by atoms with Crippen LogP contribution in [0.2, 0.25) is 0 Å². The molecular weight excluding hydrogens is 214 g/mol. The molecule has 0 spiro atoms. The fraction of sp³-hybridized carbons (Fsp3) is 0.714. The van der Waals surface area contributed by atoms with E-state index >= 15 is 0 Å². The predicted molar refractivity (Wildman–Crippen MR) is 67.6 cm³/mol. The minimum Gasteiger partial charge on any atom is -0.467 e. The van der Waals surface area contributed by atoms with Gasteiger partial charge < -0.3 is 14.8 Å². The highest BCUT2D eigenvalue weighted by Crippen LogP contribution is 2.28. The molecule has 3 atom stereocenters. The molecule has 0 saturated heterocycles. The number of hydrogen-bond acceptors (Lipinski definition) is 3. The van der Waals surface area contributed by atoms with E-state index in [2.05, 4.69) is 19.2 Å². The molecule has 1 saturated carbocycles. The van der Waals surface area contributed by atoms with Crippen molar-refractivity contribution in [2.45, 2.75) is 45.3 Å². The Morgan fingerprint density at radius 1 is 1.35 bits per heavy atom. The summed E-state index contributed by atoms with van der Waals surface area (Å²) in [4.78, 5) is 0. The van der Waals surface area contributed by atoms with Crippen LogP contribution in [0.4, 0.5) is 0 Å². The van der Waals surface area contributed by atoms with Crippen molar-refractivity contribution in [3.05, 3.63) is 24.2 Å². The fourth-order valence-corrected chi connectivity index (χ4v) is 2.97. The lowest BCUT2D eigenvalue weighted by Gasteiger charge is -2.32. The summed E-state index contributed by atoms with van der Waals surface area (Å²) in [6, 6.07) is 4.17. The van der Waals surface area contributed by atoms with Gasteiger partial charge in [0.05, 0.1) is 6.26 Å². The smallest absolute Gasteiger partial charge is 0.133 e. The second kappa shape index (κ2) is 5.69. The van der Waals surface area contributed by atoms with E-state index in [1.54, 1.807) is 6.26 Å². The van der Waals surface area contributed by atoms with E-state index in [1.165, 1.54) is 19.3 Å². The van der Waals surface area contributed by atoms with Crippen LogP contribution < -0.4 is 5.32 Å². The third kappa shape index (κ3) is 3.58. The predicted octanol–water partition coefficient (Wildman–Crippen LogP) is 2.73. The zero-order chi connectivity index (χ0) is 12.3. The molecule has 0 amide bonds. The van der Waals surface area contributed by atoms with Gasteiger partial charge in [-0.25, -0.2) is 0 Å².